The van der Waals surface area contributed by atoms with Crippen LogP contribution in [0, 0.1) is 0 Å². The number of hydrogen-bond donors (Lipinski definition) is 2. The Balaban J connectivity index is 1.46. The van der Waals surface area contributed by atoms with E-state index in [1.54, 1.807) is 11.3 Å². The van der Waals surface area contributed by atoms with E-state index >= 15 is 0 Å². The van der Waals surface area contributed by atoms with Crippen molar-refractivity contribution in [1.82, 2.24) is 9.88 Å². The lowest BCUT2D eigenvalue weighted by atomic mass is 10.1. The molecule has 0 spiro atoms. The summed E-state index contributed by atoms with van der Waals surface area (Å²) in [5.41, 5.74) is 5.81. The summed E-state index contributed by atoms with van der Waals surface area (Å²) in [6.45, 7) is 1.85. The molecule has 6 heteroatoms. The number of rotatable bonds is 10. The molecule has 2 N–H and O–H groups in total. The summed E-state index contributed by atoms with van der Waals surface area (Å²) in [7, 11) is 0. The van der Waals surface area contributed by atoms with Crippen molar-refractivity contribution >= 4 is 17.3 Å². The molecule has 1 aromatic heterocycles. The third kappa shape index (κ3) is 6.28. The minimum atomic E-state index is -0.781. The van der Waals surface area contributed by atoms with Crippen LogP contribution in [0.1, 0.15) is 17.5 Å². The van der Waals surface area contributed by atoms with E-state index < -0.39 is 5.97 Å². The molecule has 0 saturated carbocycles. The molecule has 0 amide bonds. The average Bonchev–Trinajstić information content (AvgIpc) is 3.27. The van der Waals surface area contributed by atoms with E-state index in [2.05, 4.69) is 88.1 Å². The first-order valence-corrected chi connectivity index (χ1v) is 11.9. The van der Waals surface area contributed by atoms with Crippen molar-refractivity contribution in [3.8, 4) is 16.9 Å². The van der Waals surface area contributed by atoms with Crippen LogP contribution in [0.4, 0.5) is 0 Å². The maximum absolute atomic E-state index is 10.6. The molecule has 33 heavy (non-hydrogen) atoms. The second kappa shape index (κ2) is 11.4. The minimum absolute atomic E-state index is 0.136. The molecule has 4 rings (SSSR count). The van der Waals surface area contributed by atoms with Gasteiger partial charge in [0.1, 0.15) is 0 Å². The van der Waals surface area contributed by atoms with Gasteiger partial charge in [0.15, 0.2) is 4.80 Å². The van der Waals surface area contributed by atoms with Crippen LogP contribution in [0.15, 0.2) is 95.3 Å². The first-order chi connectivity index (χ1) is 16.2. The number of benzene rings is 3. The van der Waals surface area contributed by atoms with Gasteiger partial charge in [0.2, 0.25) is 0 Å². The Morgan fingerprint density at radius 2 is 1.58 bits per heavy atom. The smallest absolute Gasteiger partial charge is 0.304 e. The van der Waals surface area contributed by atoms with Crippen LogP contribution < -0.4 is 10.1 Å². The van der Waals surface area contributed by atoms with Crippen molar-refractivity contribution in [2.45, 2.75) is 19.4 Å². The van der Waals surface area contributed by atoms with Crippen molar-refractivity contribution in [2.24, 2.45) is 4.99 Å². The SMILES string of the molecule is O=C(O)CCNCc1ccc(CC/N=c2\scc(-c3ccccc3)n2-c2ccccc2)cc1. The number of carbonyl (C=O) groups is 1. The van der Waals surface area contributed by atoms with Gasteiger partial charge in [-0.1, -0.05) is 72.8 Å². The highest BCUT2D eigenvalue weighted by Gasteiger charge is 2.09. The first-order valence-electron chi connectivity index (χ1n) is 11.0. The third-order valence-corrected chi connectivity index (χ3v) is 6.17. The monoisotopic (exact) mass is 457 g/mol. The highest BCUT2D eigenvalue weighted by atomic mass is 32.1. The van der Waals surface area contributed by atoms with Gasteiger partial charge in [-0.25, -0.2) is 0 Å². The Morgan fingerprint density at radius 1 is 0.909 bits per heavy atom. The molecule has 3 aromatic carbocycles. The fourth-order valence-corrected chi connectivity index (χ4v) is 4.52. The van der Waals surface area contributed by atoms with Gasteiger partial charge in [0.05, 0.1) is 12.1 Å². The fraction of sp³-hybridized carbons (Fsp3) is 0.185. The molecule has 1 heterocycles. The van der Waals surface area contributed by atoms with Gasteiger partial charge in [-0.05, 0) is 35.2 Å². The predicted molar refractivity (Wildman–Crippen MR) is 134 cm³/mol. The fourth-order valence-electron chi connectivity index (χ4n) is 3.59. The number of para-hydroxylation sites is 1. The molecule has 0 unspecified atom stereocenters. The quantitative estimate of drug-likeness (QED) is 0.333. The second-order valence-electron chi connectivity index (χ2n) is 7.71. The van der Waals surface area contributed by atoms with E-state index in [1.165, 1.54) is 11.1 Å². The molecule has 0 bridgehead atoms. The summed E-state index contributed by atoms with van der Waals surface area (Å²) in [5, 5.41) is 14.0. The molecule has 4 aromatic rings. The van der Waals surface area contributed by atoms with Crippen LogP contribution in [0.5, 0.6) is 0 Å². The molecule has 0 atom stereocenters. The average molecular weight is 458 g/mol. The van der Waals surface area contributed by atoms with Crippen molar-refractivity contribution in [3.05, 3.63) is 106 Å². The Bertz CT molecular complexity index is 1230. The zero-order chi connectivity index (χ0) is 22.9. The van der Waals surface area contributed by atoms with Crippen LogP contribution in [0.3, 0.4) is 0 Å². The largest absolute Gasteiger partial charge is 0.481 e. The number of carboxylic acid groups (broad SMARTS) is 1. The third-order valence-electron chi connectivity index (χ3n) is 5.31. The van der Waals surface area contributed by atoms with Crippen molar-refractivity contribution < 1.29 is 9.90 Å². The molecule has 0 aliphatic carbocycles. The molecule has 168 valence electrons. The molecule has 0 aliphatic heterocycles. The number of nitrogens with one attached hydrogen (secondary N) is 1. The second-order valence-corrected chi connectivity index (χ2v) is 8.55. The molecule has 0 saturated heterocycles. The van der Waals surface area contributed by atoms with E-state index in [0.717, 1.165) is 28.2 Å². The maximum Gasteiger partial charge on any atom is 0.304 e. The molecular weight excluding hydrogens is 430 g/mol. The number of carboxylic acids is 1. The summed E-state index contributed by atoms with van der Waals surface area (Å²) in [5.74, 6) is -0.781. The van der Waals surface area contributed by atoms with Crippen LogP contribution in [0.2, 0.25) is 0 Å². The molecule has 0 aliphatic rings. The Labute approximate surface area is 197 Å². The molecule has 5 nitrogen and oxygen atoms in total. The zero-order valence-corrected chi connectivity index (χ0v) is 19.2. The van der Waals surface area contributed by atoms with Crippen LogP contribution in [-0.2, 0) is 17.8 Å². The van der Waals surface area contributed by atoms with E-state index in [9.17, 15) is 4.79 Å². The van der Waals surface area contributed by atoms with E-state index in [4.69, 9.17) is 10.1 Å². The number of thiazole rings is 1. The summed E-state index contributed by atoms with van der Waals surface area (Å²) < 4.78 is 2.23. The normalized spacial score (nSPS) is 11.6. The van der Waals surface area contributed by atoms with Crippen LogP contribution >= 0.6 is 11.3 Å². The number of aromatic nitrogens is 1. The van der Waals surface area contributed by atoms with Gasteiger partial charge in [-0.2, -0.15) is 0 Å². The van der Waals surface area contributed by atoms with Gasteiger partial charge >= 0.3 is 5.97 Å². The number of aliphatic carboxylic acids is 1. The van der Waals surface area contributed by atoms with Gasteiger partial charge in [0, 0.05) is 30.7 Å². The lowest BCUT2D eigenvalue weighted by Crippen LogP contribution is -2.17. The Morgan fingerprint density at radius 3 is 2.27 bits per heavy atom. The topological polar surface area (TPSA) is 66.6 Å². The van der Waals surface area contributed by atoms with Gasteiger partial charge < -0.3 is 10.4 Å². The Hall–Kier alpha value is -3.48. The first kappa shape index (κ1) is 22.7. The molecular formula is C27H27N3O2S. The summed E-state index contributed by atoms with van der Waals surface area (Å²) in [6, 6.07) is 29.2. The number of hydrogen-bond acceptors (Lipinski definition) is 4. The van der Waals surface area contributed by atoms with Crippen molar-refractivity contribution in [1.29, 1.82) is 0 Å². The van der Waals surface area contributed by atoms with E-state index in [0.29, 0.717) is 19.6 Å². The summed E-state index contributed by atoms with van der Waals surface area (Å²) in [6.07, 6.45) is 0.997. The maximum atomic E-state index is 10.6. The molecule has 0 fully saturated rings. The van der Waals surface area contributed by atoms with Gasteiger partial charge in [-0.3, -0.25) is 14.4 Å². The summed E-state index contributed by atoms with van der Waals surface area (Å²) in [4.78, 5) is 16.5. The van der Waals surface area contributed by atoms with Crippen LogP contribution in [0.25, 0.3) is 16.9 Å². The van der Waals surface area contributed by atoms with E-state index in [1.807, 2.05) is 12.1 Å². The standard InChI is InChI=1S/C27H27N3O2S/c31-26(32)16-17-28-19-22-13-11-21(12-14-22)15-18-29-27-30(24-9-5-2-6-10-24)25(20-33-27)23-7-3-1-4-8-23/h1-14,20,28H,15-19H2,(H,31,32)/b29-27-. The lowest BCUT2D eigenvalue weighted by Gasteiger charge is -2.09. The summed E-state index contributed by atoms with van der Waals surface area (Å²) >= 11 is 1.66. The lowest BCUT2D eigenvalue weighted by molar-refractivity contribution is -0.136. The zero-order valence-electron chi connectivity index (χ0n) is 18.4. The number of nitrogens with zero attached hydrogens (tertiary/aromatic N) is 2. The Kier molecular flexibility index (Phi) is 7.85. The van der Waals surface area contributed by atoms with Crippen molar-refractivity contribution in [2.75, 3.05) is 13.1 Å². The van der Waals surface area contributed by atoms with Gasteiger partial charge in [-0.15, -0.1) is 11.3 Å². The minimum Gasteiger partial charge on any atom is -0.481 e. The van der Waals surface area contributed by atoms with Crippen LogP contribution in [-0.4, -0.2) is 28.7 Å². The van der Waals surface area contributed by atoms with Crippen molar-refractivity contribution in [3.63, 3.8) is 0 Å². The highest BCUT2D eigenvalue weighted by molar-refractivity contribution is 7.07. The van der Waals surface area contributed by atoms with Gasteiger partial charge in [0.25, 0.3) is 0 Å². The molecule has 0 radical (unpaired) electrons. The predicted octanol–water partition coefficient (Wildman–Crippen LogP) is 4.91. The van der Waals surface area contributed by atoms with E-state index in [-0.39, 0.29) is 6.42 Å². The highest BCUT2D eigenvalue weighted by Crippen LogP contribution is 2.23.